The Morgan fingerprint density at radius 2 is 1.83 bits per heavy atom. The summed E-state index contributed by atoms with van der Waals surface area (Å²) >= 11 is 0. The molecule has 0 aromatic heterocycles. The van der Waals surface area contributed by atoms with Gasteiger partial charge in [-0.1, -0.05) is 50.8 Å². The predicted molar refractivity (Wildman–Crippen MR) is 90.4 cm³/mol. The smallest absolute Gasteiger partial charge is 0.336 e. The highest BCUT2D eigenvalue weighted by molar-refractivity contribution is 5.84. The number of ether oxygens (including phenoxy) is 1. The van der Waals surface area contributed by atoms with Gasteiger partial charge in [0.2, 0.25) is 0 Å². The van der Waals surface area contributed by atoms with E-state index in [1.54, 1.807) is 6.08 Å². The van der Waals surface area contributed by atoms with Gasteiger partial charge in [0.25, 0.3) is 5.69 Å². The second-order valence-corrected chi connectivity index (χ2v) is 5.16. The minimum Gasteiger partial charge on any atom is -0.423 e. The third-order valence-corrected chi connectivity index (χ3v) is 3.22. The molecule has 0 radical (unpaired) electrons. The molecule has 0 atom stereocenters. The first-order valence-corrected chi connectivity index (χ1v) is 7.93. The van der Waals surface area contributed by atoms with Crippen molar-refractivity contribution in [2.24, 2.45) is 0 Å². The zero-order valence-electron chi connectivity index (χ0n) is 13.4. The molecule has 0 bridgehead atoms. The number of carbonyl (C=O) groups is 1. The summed E-state index contributed by atoms with van der Waals surface area (Å²) in [6, 6.07) is 5.39. The molecule has 5 heteroatoms. The number of nitro benzene ring substituents is 1. The Hall–Kier alpha value is -2.43. The number of esters is 1. The Labute approximate surface area is 136 Å². The second kappa shape index (κ2) is 11.2. The zero-order valence-corrected chi connectivity index (χ0v) is 13.4. The third kappa shape index (κ3) is 8.56. The van der Waals surface area contributed by atoms with Gasteiger partial charge in [0.05, 0.1) is 4.92 Å². The lowest BCUT2D eigenvalue weighted by atomic mass is 10.1. The van der Waals surface area contributed by atoms with Crippen LogP contribution in [0.1, 0.15) is 45.4 Å². The van der Waals surface area contributed by atoms with Crippen LogP contribution in [-0.2, 0) is 4.79 Å². The van der Waals surface area contributed by atoms with Gasteiger partial charge in [-0.2, -0.15) is 0 Å². The molecule has 0 aliphatic carbocycles. The van der Waals surface area contributed by atoms with Crippen LogP contribution in [0.25, 0.3) is 0 Å². The van der Waals surface area contributed by atoms with Crippen LogP contribution in [0, 0.1) is 10.1 Å². The molecule has 0 aliphatic heterocycles. The van der Waals surface area contributed by atoms with Gasteiger partial charge in [-0.05, 0) is 25.0 Å². The molecule has 0 saturated carbocycles. The average molecular weight is 317 g/mol. The normalized spacial score (nSPS) is 11.2. The quantitative estimate of drug-likeness (QED) is 0.116. The first-order chi connectivity index (χ1) is 11.1. The maximum absolute atomic E-state index is 11.6. The van der Waals surface area contributed by atoms with E-state index in [0.29, 0.717) is 0 Å². The fourth-order valence-corrected chi connectivity index (χ4v) is 1.96. The van der Waals surface area contributed by atoms with Crippen molar-refractivity contribution in [3.63, 3.8) is 0 Å². The largest absolute Gasteiger partial charge is 0.423 e. The van der Waals surface area contributed by atoms with Gasteiger partial charge in [-0.25, -0.2) is 4.79 Å². The Bertz CT molecular complexity index is 547. The minimum absolute atomic E-state index is 0.0396. The van der Waals surface area contributed by atoms with E-state index in [4.69, 9.17) is 4.74 Å². The molecule has 0 spiro atoms. The average Bonchev–Trinajstić information content (AvgIpc) is 2.54. The van der Waals surface area contributed by atoms with Crippen LogP contribution in [0.2, 0.25) is 0 Å². The number of unbranched alkanes of at least 4 members (excludes halogenated alkanes) is 5. The second-order valence-electron chi connectivity index (χ2n) is 5.16. The molecule has 23 heavy (non-hydrogen) atoms. The van der Waals surface area contributed by atoms with E-state index in [1.165, 1.54) is 56.0 Å². The highest BCUT2D eigenvalue weighted by Crippen LogP contribution is 2.17. The van der Waals surface area contributed by atoms with Gasteiger partial charge in [0.1, 0.15) is 5.75 Å². The highest BCUT2D eigenvalue weighted by Gasteiger charge is 2.05. The van der Waals surface area contributed by atoms with E-state index in [2.05, 4.69) is 6.92 Å². The molecule has 0 saturated heterocycles. The van der Waals surface area contributed by atoms with Crippen molar-refractivity contribution in [1.82, 2.24) is 0 Å². The number of nitro groups is 1. The molecule has 1 aromatic carbocycles. The molecule has 0 fully saturated rings. The number of allylic oxidation sites excluding steroid dienone is 3. The molecule has 1 aromatic rings. The third-order valence-electron chi connectivity index (χ3n) is 3.22. The predicted octanol–water partition coefficient (Wildman–Crippen LogP) is 4.97. The van der Waals surface area contributed by atoms with Crippen molar-refractivity contribution in [2.75, 3.05) is 0 Å². The summed E-state index contributed by atoms with van der Waals surface area (Å²) < 4.78 is 5.04. The molecule has 0 N–H and O–H groups in total. The Morgan fingerprint density at radius 3 is 2.48 bits per heavy atom. The number of benzene rings is 1. The summed E-state index contributed by atoms with van der Waals surface area (Å²) in [6.07, 6.45) is 14.1. The summed E-state index contributed by atoms with van der Waals surface area (Å²) in [4.78, 5) is 21.6. The number of rotatable bonds is 10. The van der Waals surface area contributed by atoms with Crippen LogP contribution in [0.3, 0.4) is 0 Å². The molecular weight excluding hydrogens is 294 g/mol. The van der Waals surface area contributed by atoms with Crippen molar-refractivity contribution >= 4 is 11.7 Å². The van der Waals surface area contributed by atoms with E-state index in [1.807, 2.05) is 12.2 Å². The van der Waals surface area contributed by atoms with E-state index in [0.717, 1.165) is 12.8 Å². The van der Waals surface area contributed by atoms with Crippen LogP contribution in [0.5, 0.6) is 5.75 Å². The molecule has 0 aliphatic rings. The molecule has 5 nitrogen and oxygen atoms in total. The van der Waals surface area contributed by atoms with Gasteiger partial charge in [-0.15, -0.1) is 0 Å². The van der Waals surface area contributed by atoms with E-state index < -0.39 is 10.9 Å². The lowest BCUT2D eigenvalue weighted by molar-refractivity contribution is -0.384. The maximum Gasteiger partial charge on any atom is 0.336 e. The Morgan fingerprint density at radius 1 is 1.13 bits per heavy atom. The Kier molecular flexibility index (Phi) is 9.05. The molecule has 0 amide bonds. The van der Waals surface area contributed by atoms with Crippen LogP contribution < -0.4 is 4.74 Å². The van der Waals surface area contributed by atoms with Crippen molar-refractivity contribution in [1.29, 1.82) is 0 Å². The minimum atomic E-state index is -0.508. The van der Waals surface area contributed by atoms with Gasteiger partial charge < -0.3 is 4.74 Å². The van der Waals surface area contributed by atoms with Crippen molar-refractivity contribution in [3.05, 3.63) is 58.7 Å². The summed E-state index contributed by atoms with van der Waals surface area (Å²) in [6.45, 7) is 2.19. The number of non-ortho nitro benzene ring substituents is 1. The number of carbonyl (C=O) groups excluding carboxylic acids is 1. The van der Waals surface area contributed by atoms with E-state index in [9.17, 15) is 14.9 Å². The monoisotopic (exact) mass is 317 g/mol. The SMILES string of the molecule is CCCCCCC/C=C/C=C/C(=O)Oc1ccc([N+](=O)[O-])cc1. The van der Waals surface area contributed by atoms with Crippen LogP contribution in [-0.4, -0.2) is 10.9 Å². The fourth-order valence-electron chi connectivity index (χ4n) is 1.96. The number of hydrogen-bond donors (Lipinski definition) is 0. The molecular formula is C18H23NO4. The van der Waals surface area contributed by atoms with Gasteiger partial charge in [0, 0.05) is 18.2 Å². The lowest BCUT2D eigenvalue weighted by Gasteiger charge is -1.99. The standard InChI is InChI=1S/C18H23NO4/c1-2-3-4-5-6-7-8-9-10-11-18(20)23-17-14-12-16(13-15-17)19(21)22/h8-15H,2-7H2,1H3/b9-8+,11-10+. The van der Waals surface area contributed by atoms with Gasteiger partial charge in [-0.3, -0.25) is 10.1 Å². The molecule has 124 valence electrons. The van der Waals surface area contributed by atoms with Crippen molar-refractivity contribution < 1.29 is 14.5 Å². The topological polar surface area (TPSA) is 69.4 Å². The summed E-state index contributed by atoms with van der Waals surface area (Å²) in [5, 5.41) is 10.5. The summed E-state index contributed by atoms with van der Waals surface area (Å²) in [5.41, 5.74) is -0.0396. The highest BCUT2D eigenvalue weighted by atomic mass is 16.6. The summed E-state index contributed by atoms with van der Waals surface area (Å²) in [7, 11) is 0. The van der Waals surface area contributed by atoms with E-state index in [-0.39, 0.29) is 11.4 Å². The van der Waals surface area contributed by atoms with Crippen molar-refractivity contribution in [2.45, 2.75) is 45.4 Å². The zero-order chi connectivity index (χ0) is 16.9. The Balaban J connectivity index is 2.26. The van der Waals surface area contributed by atoms with Crippen LogP contribution in [0.15, 0.2) is 48.6 Å². The van der Waals surface area contributed by atoms with Gasteiger partial charge >= 0.3 is 5.97 Å². The number of nitrogens with zero attached hydrogens (tertiary/aromatic N) is 1. The molecule has 1 rings (SSSR count). The molecule has 0 heterocycles. The van der Waals surface area contributed by atoms with E-state index >= 15 is 0 Å². The first-order valence-electron chi connectivity index (χ1n) is 7.93. The number of hydrogen-bond acceptors (Lipinski definition) is 4. The van der Waals surface area contributed by atoms with Crippen LogP contribution >= 0.6 is 0 Å². The van der Waals surface area contributed by atoms with Gasteiger partial charge in [0.15, 0.2) is 0 Å². The van der Waals surface area contributed by atoms with Crippen molar-refractivity contribution in [3.8, 4) is 5.75 Å². The maximum atomic E-state index is 11.6. The fraction of sp³-hybridized carbons (Fsp3) is 0.389. The first kappa shape index (κ1) is 18.6. The summed E-state index contributed by atoms with van der Waals surface area (Å²) in [5.74, 6) is -0.225. The molecule has 0 unspecified atom stereocenters. The van der Waals surface area contributed by atoms with Crippen LogP contribution in [0.4, 0.5) is 5.69 Å². The lowest BCUT2D eigenvalue weighted by Crippen LogP contribution is -2.03.